The quantitative estimate of drug-likeness (QED) is 0.147. The van der Waals surface area contributed by atoms with Crippen LogP contribution in [0, 0.1) is 29.5 Å². The zero-order valence-electron chi connectivity index (χ0n) is 24.6. The number of phenolic OH excluding ortho intramolecular Hbond substituents is 1. The summed E-state index contributed by atoms with van der Waals surface area (Å²) in [6, 6.07) is 22.6. The number of imide groups is 2. The van der Waals surface area contributed by atoms with Crippen molar-refractivity contribution in [1.82, 2.24) is 10.1 Å². The second-order valence-electron chi connectivity index (χ2n) is 12.6. The maximum Gasteiger partial charge on any atom is 0.260 e. The van der Waals surface area contributed by atoms with Gasteiger partial charge >= 0.3 is 0 Å². The Morgan fingerprint density at radius 1 is 0.851 bits per heavy atom. The first-order chi connectivity index (χ1) is 22.6. The number of nitrogens with one attached hydrogen (secondary N) is 1. The maximum absolute atomic E-state index is 15.2. The lowest BCUT2D eigenvalue weighted by Gasteiger charge is -2.50. The molecule has 8 rings (SSSR count). The zero-order chi connectivity index (χ0) is 32.8. The molecule has 2 aliphatic carbocycles. The molecule has 4 aromatic carbocycles. The highest BCUT2D eigenvalue weighted by Gasteiger charge is 2.70. The molecule has 0 bridgehead atoms. The summed E-state index contributed by atoms with van der Waals surface area (Å²) in [6.45, 7) is 0. The van der Waals surface area contributed by atoms with Crippen molar-refractivity contribution in [3.8, 4) is 5.75 Å². The number of benzene rings is 4. The van der Waals surface area contributed by atoms with Crippen molar-refractivity contribution in [2.45, 2.75) is 24.2 Å². The minimum absolute atomic E-state index is 0.0106. The van der Waals surface area contributed by atoms with E-state index in [4.69, 9.17) is 11.6 Å². The number of halogens is 2. The lowest BCUT2D eigenvalue weighted by molar-refractivity contribution is -0.173. The predicted octanol–water partition coefficient (Wildman–Crippen LogP) is 5.71. The van der Waals surface area contributed by atoms with E-state index in [1.807, 2.05) is 30.3 Å². The molecule has 3 N–H and O–H groups in total. The summed E-state index contributed by atoms with van der Waals surface area (Å²) in [5.74, 6) is -7.80. The van der Waals surface area contributed by atoms with Gasteiger partial charge in [0.25, 0.3) is 23.6 Å². The topological polar surface area (TPSA) is 127 Å². The van der Waals surface area contributed by atoms with Gasteiger partial charge in [-0.3, -0.25) is 29.8 Å². The second-order valence-corrected chi connectivity index (χ2v) is 13.0. The Kier molecular flexibility index (Phi) is 6.54. The summed E-state index contributed by atoms with van der Waals surface area (Å²) in [5, 5.41) is 25.1. The lowest BCUT2D eigenvalue weighted by atomic mass is 9.48. The van der Waals surface area contributed by atoms with Crippen LogP contribution in [-0.2, 0) is 24.6 Å². The first kappa shape index (κ1) is 29.3. The highest BCUT2D eigenvalue weighted by molar-refractivity contribution is 6.30. The van der Waals surface area contributed by atoms with Crippen LogP contribution >= 0.6 is 11.6 Å². The van der Waals surface area contributed by atoms with E-state index < -0.39 is 64.5 Å². The molecular formula is C36H27ClFN3O6. The molecule has 0 radical (unpaired) electrons. The minimum Gasteiger partial charge on any atom is -0.508 e. The molecule has 11 heteroatoms. The van der Waals surface area contributed by atoms with E-state index in [9.17, 15) is 29.1 Å². The molecule has 0 aromatic heterocycles. The lowest BCUT2D eigenvalue weighted by Crippen LogP contribution is -2.53. The highest BCUT2D eigenvalue weighted by atomic mass is 35.5. The average molecular weight is 652 g/mol. The third-order valence-electron chi connectivity index (χ3n) is 10.5. The number of hydrazine groups is 1. The van der Waals surface area contributed by atoms with E-state index in [1.165, 1.54) is 24.3 Å². The largest absolute Gasteiger partial charge is 0.508 e. The Balaban J connectivity index is 1.42. The van der Waals surface area contributed by atoms with Gasteiger partial charge in [-0.1, -0.05) is 65.7 Å². The number of hydroxylamine groups is 2. The first-order valence-corrected chi connectivity index (χ1v) is 15.6. The molecule has 4 amide bonds. The van der Waals surface area contributed by atoms with Gasteiger partial charge < -0.3 is 5.11 Å². The molecule has 4 aliphatic rings. The average Bonchev–Trinajstić information content (AvgIpc) is 3.43. The van der Waals surface area contributed by atoms with Gasteiger partial charge in [-0.2, -0.15) is 10.1 Å². The zero-order valence-corrected chi connectivity index (χ0v) is 25.4. The maximum atomic E-state index is 15.2. The van der Waals surface area contributed by atoms with Crippen LogP contribution in [0.25, 0.3) is 10.8 Å². The van der Waals surface area contributed by atoms with Crippen LogP contribution in [0.5, 0.6) is 5.75 Å². The van der Waals surface area contributed by atoms with E-state index in [0.717, 1.165) is 10.4 Å². The first-order valence-electron chi connectivity index (χ1n) is 15.3. The van der Waals surface area contributed by atoms with Crippen molar-refractivity contribution in [1.29, 1.82) is 0 Å². The number of hydrogen-bond acceptors (Lipinski definition) is 7. The summed E-state index contributed by atoms with van der Waals surface area (Å²) in [6.07, 6.45) is 1.97. The fraction of sp³-hybridized carbons (Fsp3) is 0.222. The van der Waals surface area contributed by atoms with Crippen LogP contribution in [0.15, 0.2) is 96.6 Å². The number of carbonyl (C=O) groups excluding carboxylic acids is 4. The van der Waals surface area contributed by atoms with Gasteiger partial charge in [0, 0.05) is 16.5 Å². The van der Waals surface area contributed by atoms with E-state index in [1.54, 1.807) is 36.4 Å². The van der Waals surface area contributed by atoms with Gasteiger partial charge in [-0.05, 0) is 77.6 Å². The van der Waals surface area contributed by atoms with E-state index in [-0.39, 0.29) is 23.7 Å². The molecule has 0 spiro atoms. The van der Waals surface area contributed by atoms with Gasteiger partial charge in [-0.25, -0.2) is 4.39 Å². The van der Waals surface area contributed by atoms with Crippen molar-refractivity contribution in [2.75, 3.05) is 5.43 Å². The number of anilines is 1. The number of phenols is 1. The van der Waals surface area contributed by atoms with E-state index in [2.05, 4.69) is 5.43 Å². The fourth-order valence-electron chi connectivity index (χ4n) is 8.54. The Bertz CT molecular complexity index is 2050. The second kappa shape index (κ2) is 10.5. The molecule has 2 saturated heterocycles. The van der Waals surface area contributed by atoms with Gasteiger partial charge in [0.1, 0.15) is 11.6 Å². The Labute approximate surface area is 272 Å². The van der Waals surface area contributed by atoms with Gasteiger partial charge in [0.05, 0.1) is 28.9 Å². The molecule has 2 aliphatic heterocycles. The van der Waals surface area contributed by atoms with Crippen molar-refractivity contribution in [2.24, 2.45) is 23.7 Å². The molecule has 47 heavy (non-hydrogen) atoms. The number of fused-ring (bicyclic) bond motifs is 5. The number of nitrogens with zero attached hydrogens (tertiary/aromatic N) is 2. The molecule has 2 heterocycles. The monoisotopic (exact) mass is 651 g/mol. The molecule has 0 unspecified atom stereocenters. The van der Waals surface area contributed by atoms with Crippen molar-refractivity contribution in [3.63, 3.8) is 0 Å². The van der Waals surface area contributed by atoms with Gasteiger partial charge in [-0.15, -0.1) is 0 Å². The SMILES string of the molecule is O=C1[C@H]2[C@H](CC=C3[C@H]2C[C@H]2C(=O)N(Nc4ccc(F)cc4)C(=O)[C@@]2(c2ccc(Cl)cc2)[C@H]3c2c(O)ccc3ccccc23)C(=O)N1O. The number of hydrogen-bond donors (Lipinski definition) is 3. The van der Waals surface area contributed by atoms with Crippen LogP contribution in [0.1, 0.15) is 29.9 Å². The number of amides is 4. The normalized spacial score (nSPS) is 28.3. The summed E-state index contributed by atoms with van der Waals surface area (Å²) in [4.78, 5) is 56.2. The summed E-state index contributed by atoms with van der Waals surface area (Å²) in [7, 11) is 0. The van der Waals surface area contributed by atoms with Crippen molar-refractivity contribution >= 4 is 51.7 Å². The third kappa shape index (κ3) is 4.04. The molecule has 3 fully saturated rings. The number of rotatable bonds is 4. The molecule has 236 valence electrons. The Morgan fingerprint density at radius 3 is 2.32 bits per heavy atom. The summed E-state index contributed by atoms with van der Waals surface area (Å²) >= 11 is 6.32. The van der Waals surface area contributed by atoms with Gasteiger partial charge in [0.15, 0.2) is 0 Å². The third-order valence-corrected chi connectivity index (χ3v) is 10.7. The molecule has 1 saturated carbocycles. The summed E-state index contributed by atoms with van der Waals surface area (Å²) in [5.41, 5.74) is 3.06. The molecule has 9 nitrogen and oxygen atoms in total. The number of allylic oxidation sites excluding steroid dienone is 2. The van der Waals surface area contributed by atoms with Gasteiger partial charge in [0.2, 0.25) is 0 Å². The standard InChI is InChI=1S/C36H27ClFN3O6/c37-20-8-6-19(7-9-20)36-27(33(44)40(35(36)46)39-22-12-10-21(38)11-13-22)17-26-24(14-15-25-29(26)34(45)41(47)32(25)43)31(36)30-23-4-2-1-3-18(23)5-16-28(30)42/h1-14,16,25-27,29,31,39,42,47H,15,17H2/t25-,26+,27-,29-,31+,36+/m0/s1. The van der Waals surface area contributed by atoms with Crippen molar-refractivity contribution < 1.29 is 33.9 Å². The fourth-order valence-corrected chi connectivity index (χ4v) is 8.67. The van der Waals surface area contributed by atoms with Crippen LogP contribution in [0.4, 0.5) is 10.1 Å². The van der Waals surface area contributed by atoms with Crippen LogP contribution in [0.2, 0.25) is 5.02 Å². The number of carbonyl (C=O) groups is 4. The Hall–Kier alpha value is -5.06. The van der Waals surface area contributed by atoms with E-state index >= 15 is 4.79 Å². The Morgan fingerprint density at radius 2 is 1.57 bits per heavy atom. The van der Waals surface area contributed by atoms with Crippen LogP contribution in [0.3, 0.4) is 0 Å². The molecule has 6 atom stereocenters. The predicted molar refractivity (Wildman–Crippen MR) is 168 cm³/mol. The van der Waals surface area contributed by atoms with E-state index in [0.29, 0.717) is 32.8 Å². The molecular weight excluding hydrogens is 625 g/mol. The smallest absolute Gasteiger partial charge is 0.260 e. The highest BCUT2D eigenvalue weighted by Crippen LogP contribution is 2.65. The summed E-state index contributed by atoms with van der Waals surface area (Å²) < 4.78 is 13.8. The van der Waals surface area contributed by atoms with Crippen molar-refractivity contribution in [3.05, 3.63) is 119 Å². The minimum atomic E-state index is -1.64. The van der Waals surface area contributed by atoms with Crippen LogP contribution < -0.4 is 5.43 Å². The van der Waals surface area contributed by atoms with Crippen LogP contribution in [-0.4, -0.2) is 44.0 Å². The molecule has 4 aromatic rings. The number of aromatic hydroxyl groups is 1.